The van der Waals surface area contributed by atoms with Crippen LogP contribution in [-0.2, 0) is 0 Å². The van der Waals surface area contributed by atoms with E-state index in [1.165, 1.54) is 19.3 Å². The van der Waals surface area contributed by atoms with Crippen molar-refractivity contribution in [2.45, 2.75) is 84.5 Å². The molecule has 4 rings (SSSR count). The van der Waals surface area contributed by atoms with Crippen LogP contribution >= 0.6 is 0 Å². The van der Waals surface area contributed by atoms with Crippen LogP contribution in [0.25, 0.3) is 0 Å². The standard InChI is InChI=1S/C19H32/c1-18-11-5-7-16(18)15-9-8-14-6-3-4-12-19(14,2)17(15)10-13-18/h14-17H,3-13H2,1-2H3/t14?,15?,16?,17?,18-,19-/m0/s1. The van der Waals surface area contributed by atoms with Crippen LogP contribution in [0.4, 0.5) is 0 Å². The van der Waals surface area contributed by atoms with Gasteiger partial charge in [0.05, 0.1) is 0 Å². The highest BCUT2D eigenvalue weighted by atomic mass is 14.6. The SMILES string of the molecule is C[C@@]12CCCC1C1CCC3CCCC[C@]3(C)C1CC2. The summed E-state index contributed by atoms with van der Waals surface area (Å²) in [6, 6.07) is 0. The van der Waals surface area contributed by atoms with E-state index >= 15 is 0 Å². The highest BCUT2D eigenvalue weighted by molar-refractivity contribution is 5.06. The Morgan fingerprint density at radius 3 is 2.47 bits per heavy atom. The molecular formula is C19H32. The molecule has 0 heterocycles. The first kappa shape index (κ1) is 12.7. The minimum Gasteiger partial charge on any atom is -0.0594 e. The molecule has 4 aliphatic carbocycles. The van der Waals surface area contributed by atoms with Gasteiger partial charge in [0.2, 0.25) is 0 Å². The fourth-order valence-corrected chi connectivity index (χ4v) is 7.29. The molecule has 0 bridgehead atoms. The Morgan fingerprint density at radius 1 is 0.684 bits per heavy atom. The molecule has 4 unspecified atom stereocenters. The lowest BCUT2D eigenvalue weighted by Crippen LogP contribution is -2.51. The Hall–Kier alpha value is 0. The molecule has 0 amide bonds. The molecule has 0 nitrogen and oxygen atoms in total. The summed E-state index contributed by atoms with van der Waals surface area (Å²) in [6.07, 6.45) is 17.1. The Bertz CT molecular complexity index is 359. The second-order valence-corrected chi connectivity index (χ2v) is 8.99. The van der Waals surface area contributed by atoms with Crippen molar-refractivity contribution < 1.29 is 0 Å². The molecule has 0 saturated heterocycles. The van der Waals surface area contributed by atoms with Crippen LogP contribution < -0.4 is 0 Å². The van der Waals surface area contributed by atoms with Gasteiger partial charge in [-0.3, -0.25) is 0 Å². The number of hydrogen-bond acceptors (Lipinski definition) is 0. The lowest BCUT2D eigenvalue weighted by molar-refractivity contribution is -0.103. The van der Waals surface area contributed by atoms with Crippen LogP contribution in [0.2, 0.25) is 0 Å². The lowest BCUT2D eigenvalue weighted by Gasteiger charge is -2.60. The zero-order chi connectivity index (χ0) is 13.1. The predicted molar refractivity (Wildman–Crippen MR) is 81.0 cm³/mol. The molecule has 6 atom stereocenters. The molecule has 0 aromatic heterocycles. The van der Waals surface area contributed by atoms with Crippen molar-refractivity contribution >= 4 is 0 Å². The molecule has 4 aliphatic rings. The van der Waals surface area contributed by atoms with Crippen molar-refractivity contribution in [2.24, 2.45) is 34.5 Å². The van der Waals surface area contributed by atoms with Crippen molar-refractivity contribution in [1.82, 2.24) is 0 Å². The van der Waals surface area contributed by atoms with Gasteiger partial charge in [0.15, 0.2) is 0 Å². The molecule has 108 valence electrons. The van der Waals surface area contributed by atoms with Crippen molar-refractivity contribution in [3.63, 3.8) is 0 Å². The average molecular weight is 260 g/mol. The third-order valence-electron chi connectivity index (χ3n) is 8.36. The summed E-state index contributed by atoms with van der Waals surface area (Å²) in [5, 5.41) is 0. The minimum absolute atomic E-state index is 0.741. The molecule has 0 N–H and O–H groups in total. The monoisotopic (exact) mass is 260 g/mol. The third kappa shape index (κ3) is 1.70. The first-order valence-corrected chi connectivity index (χ1v) is 9.13. The van der Waals surface area contributed by atoms with Gasteiger partial charge in [0.1, 0.15) is 0 Å². The molecule has 0 aromatic rings. The zero-order valence-corrected chi connectivity index (χ0v) is 13.1. The summed E-state index contributed by atoms with van der Waals surface area (Å²) in [5.41, 5.74) is 1.49. The summed E-state index contributed by atoms with van der Waals surface area (Å²) in [7, 11) is 0. The maximum atomic E-state index is 2.70. The van der Waals surface area contributed by atoms with E-state index in [1.54, 1.807) is 51.4 Å². The van der Waals surface area contributed by atoms with Gasteiger partial charge in [-0.15, -0.1) is 0 Å². The molecule has 4 saturated carbocycles. The van der Waals surface area contributed by atoms with Crippen LogP contribution in [0.3, 0.4) is 0 Å². The van der Waals surface area contributed by atoms with E-state index in [0.29, 0.717) is 0 Å². The van der Waals surface area contributed by atoms with E-state index in [0.717, 1.165) is 34.5 Å². The third-order valence-corrected chi connectivity index (χ3v) is 8.36. The Balaban J connectivity index is 1.64. The normalized spacial score (nSPS) is 57.2. The van der Waals surface area contributed by atoms with Gasteiger partial charge in [-0.05, 0) is 85.9 Å². The molecule has 0 radical (unpaired) electrons. The topological polar surface area (TPSA) is 0 Å². The molecule has 0 aliphatic heterocycles. The Labute approximate surface area is 119 Å². The van der Waals surface area contributed by atoms with Crippen LogP contribution in [0.1, 0.15) is 84.5 Å². The molecular weight excluding hydrogens is 228 g/mol. The Kier molecular flexibility index (Phi) is 2.84. The highest BCUT2D eigenvalue weighted by Crippen LogP contribution is 2.66. The van der Waals surface area contributed by atoms with E-state index in [-0.39, 0.29) is 0 Å². The number of hydrogen-bond donors (Lipinski definition) is 0. The van der Waals surface area contributed by atoms with Crippen molar-refractivity contribution in [1.29, 1.82) is 0 Å². The zero-order valence-electron chi connectivity index (χ0n) is 13.1. The summed E-state index contributed by atoms with van der Waals surface area (Å²) < 4.78 is 0. The second kappa shape index (κ2) is 4.25. The first-order chi connectivity index (χ1) is 9.13. The van der Waals surface area contributed by atoms with Crippen LogP contribution in [-0.4, -0.2) is 0 Å². The predicted octanol–water partition coefficient (Wildman–Crippen LogP) is 5.81. The van der Waals surface area contributed by atoms with E-state index in [4.69, 9.17) is 0 Å². The van der Waals surface area contributed by atoms with E-state index in [1.807, 2.05) is 0 Å². The van der Waals surface area contributed by atoms with Gasteiger partial charge in [-0.1, -0.05) is 33.1 Å². The fraction of sp³-hybridized carbons (Fsp3) is 1.00. The summed E-state index contributed by atoms with van der Waals surface area (Å²) >= 11 is 0. The number of fused-ring (bicyclic) bond motifs is 5. The molecule has 0 spiro atoms. The highest BCUT2D eigenvalue weighted by Gasteiger charge is 2.56. The van der Waals surface area contributed by atoms with Crippen molar-refractivity contribution in [2.75, 3.05) is 0 Å². The first-order valence-electron chi connectivity index (χ1n) is 9.13. The Morgan fingerprint density at radius 2 is 1.58 bits per heavy atom. The minimum atomic E-state index is 0.741. The summed E-state index contributed by atoms with van der Waals surface area (Å²) in [5.74, 6) is 4.41. The maximum Gasteiger partial charge on any atom is -0.0266 e. The molecule has 19 heavy (non-hydrogen) atoms. The van der Waals surface area contributed by atoms with E-state index in [9.17, 15) is 0 Å². The average Bonchev–Trinajstić information content (AvgIpc) is 2.79. The second-order valence-electron chi connectivity index (χ2n) is 8.99. The lowest BCUT2D eigenvalue weighted by atomic mass is 9.45. The molecule has 4 fully saturated rings. The summed E-state index contributed by atoms with van der Waals surface area (Å²) in [6.45, 7) is 5.33. The number of rotatable bonds is 0. The van der Waals surface area contributed by atoms with Gasteiger partial charge >= 0.3 is 0 Å². The van der Waals surface area contributed by atoms with Crippen LogP contribution in [0.15, 0.2) is 0 Å². The van der Waals surface area contributed by atoms with Gasteiger partial charge in [-0.2, -0.15) is 0 Å². The maximum absolute atomic E-state index is 2.70. The quantitative estimate of drug-likeness (QED) is 0.515. The van der Waals surface area contributed by atoms with Crippen LogP contribution in [0, 0.1) is 34.5 Å². The van der Waals surface area contributed by atoms with Crippen LogP contribution in [0.5, 0.6) is 0 Å². The fourth-order valence-electron chi connectivity index (χ4n) is 7.29. The van der Waals surface area contributed by atoms with Gasteiger partial charge < -0.3 is 0 Å². The summed E-state index contributed by atoms with van der Waals surface area (Å²) in [4.78, 5) is 0. The van der Waals surface area contributed by atoms with Gasteiger partial charge in [-0.25, -0.2) is 0 Å². The van der Waals surface area contributed by atoms with Crippen molar-refractivity contribution in [3.8, 4) is 0 Å². The largest absolute Gasteiger partial charge is 0.0594 e. The van der Waals surface area contributed by atoms with E-state index in [2.05, 4.69) is 13.8 Å². The van der Waals surface area contributed by atoms with E-state index < -0.39 is 0 Å². The molecule has 0 heteroatoms. The smallest absolute Gasteiger partial charge is 0.0266 e. The van der Waals surface area contributed by atoms with Crippen molar-refractivity contribution in [3.05, 3.63) is 0 Å². The van der Waals surface area contributed by atoms with Gasteiger partial charge in [0.25, 0.3) is 0 Å². The van der Waals surface area contributed by atoms with Gasteiger partial charge in [0, 0.05) is 0 Å². The molecule has 0 aromatic carbocycles.